The first-order chi connectivity index (χ1) is 18.6. The predicted octanol–water partition coefficient (Wildman–Crippen LogP) is 7.37. The van der Waals surface area contributed by atoms with E-state index in [9.17, 15) is 9.90 Å². The van der Waals surface area contributed by atoms with Crippen LogP contribution in [-0.4, -0.2) is 23.3 Å². The van der Waals surface area contributed by atoms with E-state index < -0.39 is 0 Å². The summed E-state index contributed by atoms with van der Waals surface area (Å²) in [5.41, 5.74) is 6.05. The van der Waals surface area contributed by atoms with Crippen molar-refractivity contribution in [2.75, 3.05) is 6.61 Å². The van der Waals surface area contributed by atoms with Gasteiger partial charge in [0.15, 0.2) is 0 Å². The fraction of sp³-hybridized carbons (Fsp3) is 0.394. The highest BCUT2D eigenvalue weighted by Gasteiger charge is 2.60. The molecule has 3 aromatic carbocycles. The van der Waals surface area contributed by atoms with Gasteiger partial charge in [0.25, 0.3) is 0 Å². The summed E-state index contributed by atoms with van der Waals surface area (Å²) in [7, 11) is 0. The van der Waals surface area contributed by atoms with Crippen LogP contribution in [0.3, 0.4) is 0 Å². The standard InChI is InChI=1S/C33H40N2O3/c1-3-5-6-7-14-22-38-27-20-21-28(31(36)23-27)30(15-4-2)34-35-32(37)29-24-33(29,25-16-10-8-11-17-25)26-18-12-9-13-19-26/h8-13,16-21,23,29,36H,3-7,14-15,22,24H2,1-2H3,(H,35,37). The molecule has 2 N–H and O–H groups in total. The second-order valence-electron chi connectivity index (χ2n) is 10.2. The van der Waals surface area contributed by atoms with Crippen molar-refractivity contribution in [2.45, 2.75) is 70.6 Å². The molecule has 1 fully saturated rings. The van der Waals surface area contributed by atoms with Gasteiger partial charge in [-0.3, -0.25) is 4.79 Å². The lowest BCUT2D eigenvalue weighted by molar-refractivity contribution is -0.122. The number of hydrogen-bond donors (Lipinski definition) is 2. The number of nitrogens with zero attached hydrogens (tertiary/aromatic N) is 1. The van der Waals surface area contributed by atoms with Gasteiger partial charge in [-0.05, 0) is 42.5 Å². The normalized spacial score (nSPS) is 16.2. The molecule has 5 nitrogen and oxygen atoms in total. The number of aromatic hydroxyl groups is 1. The summed E-state index contributed by atoms with van der Waals surface area (Å²) < 4.78 is 5.84. The second kappa shape index (κ2) is 13.3. The van der Waals surface area contributed by atoms with E-state index in [0.29, 0.717) is 30.1 Å². The number of amides is 1. The summed E-state index contributed by atoms with van der Waals surface area (Å²) in [5.74, 6) is 0.453. The minimum Gasteiger partial charge on any atom is -0.507 e. The molecule has 0 bridgehead atoms. The topological polar surface area (TPSA) is 70.9 Å². The first-order valence-electron chi connectivity index (χ1n) is 14.0. The van der Waals surface area contributed by atoms with Gasteiger partial charge in [0.2, 0.25) is 5.91 Å². The van der Waals surface area contributed by atoms with E-state index in [1.165, 1.54) is 19.3 Å². The van der Waals surface area contributed by atoms with Crippen LogP contribution in [-0.2, 0) is 10.2 Å². The average molecular weight is 513 g/mol. The van der Waals surface area contributed by atoms with Gasteiger partial charge in [0.1, 0.15) is 11.5 Å². The number of phenolic OH excluding ortho intramolecular Hbond substituents is 1. The molecule has 4 rings (SSSR count). The van der Waals surface area contributed by atoms with E-state index in [1.54, 1.807) is 6.07 Å². The minimum absolute atomic E-state index is 0.103. The maximum Gasteiger partial charge on any atom is 0.244 e. The van der Waals surface area contributed by atoms with Crippen molar-refractivity contribution < 1.29 is 14.6 Å². The summed E-state index contributed by atoms with van der Waals surface area (Å²) in [4.78, 5) is 13.4. The Labute approximate surface area is 226 Å². The highest BCUT2D eigenvalue weighted by molar-refractivity contribution is 6.03. The summed E-state index contributed by atoms with van der Waals surface area (Å²) in [6, 6.07) is 25.8. The predicted molar refractivity (Wildman–Crippen MR) is 154 cm³/mol. The Hall–Kier alpha value is -3.60. The fourth-order valence-corrected chi connectivity index (χ4v) is 5.28. The van der Waals surface area contributed by atoms with Crippen LogP contribution in [0.1, 0.15) is 81.9 Å². The second-order valence-corrected chi connectivity index (χ2v) is 10.2. The van der Waals surface area contributed by atoms with Crippen molar-refractivity contribution in [1.29, 1.82) is 0 Å². The maximum atomic E-state index is 13.4. The SMILES string of the molecule is CCCCCCCOc1ccc(C(CCC)=NNC(=O)C2CC2(c2ccccc2)c2ccccc2)c(O)c1. The monoisotopic (exact) mass is 512 g/mol. The number of rotatable bonds is 14. The molecule has 0 radical (unpaired) electrons. The maximum absolute atomic E-state index is 13.4. The number of benzene rings is 3. The van der Waals surface area contributed by atoms with Crippen molar-refractivity contribution in [3.63, 3.8) is 0 Å². The lowest BCUT2D eigenvalue weighted by Crippen LogP contribution is -2.26. The third-order valence-corrected chi connectivity index (χ3v) is 7.44. The molecule has 5 heteroatoms. The molecule has 1 unspecified atom stereocenters. The highest BCUT2D eigenvalue weighted by atomic mass is 16.5. The Morgan fingerprint density at radius 2 is 1.58 bits per heavy atom. The van der Waals surface area contributed by atoms with Gasteiger partial charge in [-0.25, -0.2) is 5.43 Å². The summed E-state index contributed by atoms with van der Waals surface area (Å²) in [6.07, 6.45) is 8.08. The minimum atomic E-state index is -0.343. The molecule has 0 heterocycles. The number of nitrogens with one attached hydrogen (secondary N) is 1. The lowest BCUT2D eigenvalue weighted by atomic mass is 9.85. The molecule has 0 aromatic heterocycles. The van der Waals surface area contributed by atoms with E-state index in [2.05, 4.69) is 48.6 Å². The Kier molecular flexibility index (Phi) is 9.58. The van der Waals surface area contributed by atoms with Gasteiger partial charge >= 0.3 is 0 Å². The Morgan fingerprint density at radius 1 is 0.921 bits per heavy atom. The molecule has 3 aromatic rings. The van der Waals surface area contributed by atoms with Crippen LogP contribution >= 0.6 is 0 Å². The molecular formula is C33H40N2O3. The number of hydrazone groups is 1. The van der Waals surface area contributed by atoms with Crippen LogP contribution in [0.15, 0.2) is 84.0 Å². The third kappa shape index (κ3) is 6.45. The van der Waals surface area contributed by atoms with Gasteiger partial charge in [-0.1, -0.05) is 107 Å². The molecule has 38 heavy (non-hydrogen) atoms. The summed E-state index contributed by atoms with van der Waals surface area (Å²) in [6.45, 7) is 4.90. The Bertz CT molecular complexity index is 1170. The van der Waals surface area contributed by atoms with Gasteiger partial charge in [0, 0.05) is 17.0 Å². The van der Waals surface area contributed by atoms with Crippen LogP contribution < -0.4 is 10.2 Å². The molecule has 0 spiro atoms. The molecular weight excluding hydrogens is 472 g/mol. The quantitative estimate of drug-likeness (QED) is 0.135. The largest absolute Gasteiger partial charge is 0.507 e. The van der Waals surface area contributed by atoms with Gasteiger partial charge < -0.3 is 9.84 Å². The first-order valence-corrected chi connectivity index (χ1v) is 14.0. The number of hydrogen-bond acceptors (Lipinski definition) is 4. The van der Waals surface area contributed by atoms with Crippen molar-refractivity contribution >= 4 is 11.6 Å². The number of unbranched alkanes of at least 4 members (excludes halogenated alkanes) is 4. The third-order valence-electron chi connectivity index (χ3n) is 7.44. The van der Waals surface area contributed by atoms with Crippen LogP contribution in [0.2, 0.25) is 0 Å². The number of carbonyl (C=O) groups excluding carboxylic acids is 1. The summed E-state index contributed by atoms with van der Waals surface area (Å²) in [5, 5.41) is 15.3. The van der Waals surface area contributed by atoms with Gasteiger partial charge in [-0.2, -0.15) is 5.10 Å². The smallest absolute Gasteiger partial charge is 0.244 e. The zero-order valence-corrected chi connectivity index (χ0v) is 22.7. The molecule has 1 aliphatic rings. The van der Waals surface area contributed by atoms with Gasteiger partial charge in [0.05, 0.1) is 18.2 Å². The number of carbonyl (C=O) groups is 1. The van der Waals surface area contributed by atoms with E-state index in [-0.39, 0.29) is 23.0 Å². The van der Waals surface area contributed by atoms with E-state index >= 15 is 0 Å². The molecule has 200 valence electrons. The Balaban J connectivity index is 1.45. The van der Waals surface area contributed by atoms with Crippen LogP contribution in [0.25, 0.3) is 0 Å². The van der Waals surface area contributed by atoms with Crippen LogP contribution in [0, 0.1) is 5.92 Å². The molecule has 0 saturated heterocycles. The highest BCUT2D eigenvalue weighted by Crippen LogP contribution is 2.58. The first kappa shape index (κ1) is 27.4. The molecule has 1 saturated carbocycles. The van der Waals surface area contributed by atoms with Crippen molar-refractivity contribution in [3.05, 3.63) is 95.6 Å². The summed E-state index contributed by atoms with van der Waals surface area (Å²) >= 11 is 0. The lowest BCUT2D eigenvalue weighted by Gasteiger charge is -2.18. The van der Waals surface area contributed by atoms with Crippen molar-refractivity contribution in [3.8, 4) is 11.5 Å². The van der Waals surface area contributed by atoms with E-state index in [1.807, 2.05) is 48.5 Å². The zero-order chi connectivity index (χ0) is 26.8. The van der Waals surface area contributed by atoms with Crippen molar-refractivity contribution in [1.82, 2.24) is 5.43 Å². The fourth-order valence-electron chi connectivity index (χ4n) is 5.28. The van der Waals surface area contributed by atoms with E-state index in [4.69, 9.17) is 4.74 Å². The van der Waals surface area contributed by atoms with Crippen LogP contribution in [0.4, 0.5) is 0 Å². The number of ether oxygens (including phenoxy) is 1. The Morgan fingerprint density at radius 3 is 2.18 bits per heavy atom. The molecule has 0 aliphatic heterocycles. The number of phenols is 1. The van der Waals surface area contributed by atoms with E-state index in [0.717, 1.165) is 36.8 Å². The molecule has 1 aliphatic carbocycles. The average Bonchev–Trinajstić information content (AvgIpc) is 3.71. The van der Waals surface area contributed by atoms with Crippen molar-refractivity contribution in [2.24, 2.45) is 11.0 Å². The molecule has 1 atom stereocenters. The van der Waals surface area contributed by atoms with Gasteiger partial charge in [-0.15, -0.1) is 0 Å². The zero-order valence-electron chi connectivity index (χ0n) is 22.7. The molecule has 1 amide bonds. The van der Waals surface area contributed by atoms with Crippen LogP contribution in [0.5, 0.6) is 11.5 Å².